The standard InChI is InChI=1S/C14H19ClFN/c1-4-8-17-13(9-10(2)3)11-6-5-7-12(16)14(11)15/h5-7,9,13,17H,4,8H2,1-3H3. The minimum Gasteiger partial charge on any atom is -0.307 e. The van der Waals surface area contributed by atoms with Crippen molar-refractivity contribution >= 4 is 11.6 Å². The lowest BCUT2D eigenvalue weighted by atomic mass is 10.0. The van der Waals surface area contributed by atoms with Crippen LogP contribution in [0.2, 0.25) is 5.02 Å². The largest absolute Gasteiger partial charge is 0.307 e. The van der Waals surface area contributed by atoms with Crippen molar-refractivity contribution in [3.63, 3.8) is 0 Å². The summed E-state index contributed by atoms with van der Waals surface area (Å²) >= 11 is 6.01. The highest BCUT2D eigenvalue weighted by atomic mass is 35.5. The van der Waals surface area contributed by atoms with Gasteiger partial charge in [0, 0.05) is 0 Å². The molecule has 0 bridgehead atoms. The lowest BCUT2D eigenvalue weighted by Gasteiger charge is -2.17. The summed E-state index contributed by atoms with van der Waals surface area (Å²) in [6, 6.07) is 4.91. The van der Waals surface area contributed by atoms with Crippen molar-refractivity contribution in [1.29, 1.82) is 0 Å². The molecule has 0 saturated heterocycles. The molecule has 0 saturated carbocycles. The van der Waals surface area contributed by atoms with Crippen molar-refractivity contribution in [3.8, 4) is 0 Å². The Morgan fingerprint density at radius 2 is 2.18 bits per heavy atom. The van der Waals surface area contributed by atoms with Gasteiger partial charge in [-0.05, 0) is 38.4 Å². The Hall–Kier alpha value is -0.860. The molecule has 0 heterocycles. The fourth-order valence-electron chi connectivity index (χ4n) is 1.65. The highest BCUT2D eigenvalue weighted by molar-refractivity contribution is 6.31. The number of halogens is 2. The number of hydrogen-bond donors (Lipinski definition) is 1. The van der Waals surface area contributed by atoms with Crippen LogP contribution in [-0.2, 0) is 0 Å². The molecule has 0 aromatic heterocycles. The lowest BCUT2D eigenvalue weighted by Crippen LogP contribution is -2.21. The van der Waals surface area contributed by atoms with Crippen molar-refractivity contribution in [2.45, 2.75) is 33.2 Å². The second-order valence-electron chi connectivity index (χ2n) is 4.32. The molecule has 0 radical (unpaired) electrons. The average molecular weight is 256 g/mol. The van der Waals surface area contributed by atoms with E-state index in [-0.39, 0.29) is 16.9 Å². The zero-order valence-electron chi connectivity index (χ0n) is 10.6. The first kappa shape index (κ1) is 14.2. The van der Waals surface area contributed by atoms with Crippen LogP contribution in [-0.4, -0.2) is 6.54 Å². The molecule has 1 rings (SSSR count). The predicted molar refractivity (Wildman–Crippen MR) is 71.9 cm³/mol. The topological polar surface area (TPSA) is 12.0 Å². The molecule has 1 N–H and O–H groups in total. The summed E-state index contributed by atoms with van der Waals surface area (Å²) in [5.74, 6) is -0.366. The molecule has 1 aromatic carbocycles. The van der Waals surface area contributed by atoms with Crippen LogP contribution >= 0.6 is 11.6 Å². The van der Waals surface area contributed by atoms with Crippen LogP contribution in [0.1, 0.15) is 38.8 Å². The van der Waals surface area contributed by atoms with E-state index >= 15 is 0 Å². The second-order valence-corrected chi connectivity index (χ2v) is 4.70. The first-order valence-electron chi connectivity index (χ1n) is 5.88. The van der Waals surface area contributed by atoms with E-state index < -0.39 is 0 Å². The third-order valence-corrected chi connectivity index (χ3v) is 2.83. The van der Waals surface area contributed by atoms with E-state index in [1.807, 2.05) is 19.9 Å². The molecule has 0 amide bonds. The van der Waals surface area contributed by atoms with Gasteiger partial charge in [-0.15, -0.1) is 0 Å². The van der Waals surface area contributed by atoms with Crippen LogP contribution in [0.3, 0.4) is 0 Å². The molecule has 94 valence electrons. The van der Waals surface area contributed by atoms with Gasteiger partial charge in [-0.1, -0.05) is 42.3 Å². The maximum absolute atomic E-state index is 13.4. The van der Waals surface area contributed by atoms with Gasteiger partial charge in [0.15, 0.2) is 0 Å². The Bertz CT molecular complexity index is 397. The number of rotatable bonds is 5. The Balaban J connectivity index is 3.03. The Kier molecular flexibility index (Phi) is 5.66. The summed E-state index contributed by atoms with van der Waals surface area (Å²) in [5.41, 5.74) is 1.97. The summed E-state index contributed by atoms with van der Waals surface area (Å²) in [6.07, 6.45) is 3.09. The van der Waals surface area contributed by atoms with E-state index in [0.29, 0.717) is 0 Å². The minimum absolute atomic E-state index is 0.0249. The Labute approximate surface area is 108 Å². The van der Waals surface area contributed by atoms with Gasteiger partial charge < -0.3 is 5.32 Å². The van der Waals surface area contributed by atoms with Crippen LogP contribution in [0.4, 0.5) is 4.39 Å². The molecule has 0 aliphatic heterocycles. The van der Waals surface area contributed by atoms with Gasteiger partial charge in [0.25, 0.3) is 0 Å². The second kappa shape index (κ2) is 6.77. The zero-order chi connectivity index (χ0) is 12.8. The molecule has 3 heteroatoms. The average Bonchev–Trinajstić information content (AvgIpc) is 2.28. The van der Waals surface area contributed by atoms with Crippen molar-refractivity contribution in [1.82, 2.24) is 5.32 Å². The molecule has 0 aliphatic rings. The SMILES string of the molecule is CCCNC(C=C(C)C)c1cccc(F)c1Cl. The van der Waals surface area contributed by atoms with Crippen LogP contribution in [0, 0.1) is 5.82 Å². The fourth-order valence-corrected chi connectivity index (χ4v) is 1.90. The van der Waals surface area contributed by atoms with Gasteiger partial charge in [0.2, 0.25) is 0 Å². The predicted octanol–water partition coefficient (Wildman–Crippen LogP) is 4.49. The molecule has 1 atom stereocenters. The smallest absolute Gasteiger partial charge is 0.142 e. The van der Waals surface area contributed by atoms with Crippen molar-refractivity contribution in [2.24, 2.45) is 0 Å². The van der Waals surface area contributed by atoms with E-state index in [2.05, 4.69) is 18.3 Å². The zero-order valence-corrected chi connectivity index (χ0v) is 11.3. The molecule has 1 unspecified atom stereocenters. The molecule has 1 nitrogen and oxygen atoms in total. The Morgan fingerprint density at radius 3 is 2.76 bits per heavy atom. The van der Waals surface area contributed by atoms with Crippen molar-refractivity contribution < 1.29 is 4.39 Å². The normalized spacial score (nSPS) is 12.3. The monoisotopic (exact) mass is 255 g/mol. The van der Waals surface area contributed by atoms with E-state index in [9.17, 15) is 4.39 Å². The quantitative estimate of drug-likeness (QED) is 0.765. The number of nitrogens with one attached hydrogen (secondary N) is 1. The summed E-state index contributed by atoms with van der Waals surface area (Å²) in [5, 5.41) is 3.56. The van der Waals surface area contributed by atoms with E-state index in [1.165, 1.54) is 11.6 Å². The molecule has 0 spiro atoms. The van der Waals surface area contributed by atoms with Crippen LogP contribution < -0.4 is 5.32 Å². The van der Waals surface area contributed by atoms with Gasteiger partial charge in [-0.2, -0.15) is 0 Å². The highest BCUT2D eigenvalue weighted by Gasteiger charge is 2.13. The number of allylic oxidation sites excluding steroid dienone is 1. The summed E-state index contributed by atoms with van der Waals surface area (Å²) in [7, 11) is 0. The molecule has 0 fully saturated rings. The van der Waals surface area contributed by atoms with Gasteiger partial charge in [-0.25, -0.2) is 4.39 Å². The van der Waals surface area contributed by atoms with Crippen molar-refractivity contribution in [2.75, 3.05) is 6.54 Å². The van der Waals surface area contributed by atoms with Gasteiger partial charge in [0.05, 0.1) is 11.1 Å². The molecule has 0 aliphatic carbocycles. The van der Waals surface area contributed by atoms with Gasteiger partial charge in [0.1, 0.15) is 5.82 Å². The molecular formula is C14H19ClFN. The third kappa shape index (κ3) is 4.14. The van der Waals surface area contributed by atoms with E-state index in [4.69, 9.17) is 11.6 Å². The lowest BCUT2D eigenvalue weighted by molar-refractivity contribution is 0.594. The number of benzene rings is 1. The first-order valence-corrected chi connectivity index (χ1v) is 6.26. The summed E-state index contributed by atoms with van der Waals surface area (Å²) < 4.78 is 13.4. The van der Waals surface area contributed by atoms with Crippen LogP contribution in [0.15, 0.2) is 29.8 Å². The third-order valence-electron chi connectivity index (χ3n) is 2.43. The summed E-state index contributed by atoms with van der Waals surface area (Å²) in [4.78, 5) is 0. The summed E-state index contributed by atoms with van der Waals surface area (Å²) in [6.45, 7) is 7.02. The van der Waals surface area contributed by atoms with Gasteiger partial charge >= 0.3 is 0 Å². The molecule has 17 heavy (non-hydrogen) atoms. The fraction of sp³-hybridized carbons (Fsp3) is 0.429. The number of hydrogen-bond acceptors (Lipinski definition) is 1. The Morgan fingerprint density at radius 1 is 1.47 bits per heavy atom. The minimum atomic E-state index is -0.366. The molecule has 1 aromatic rings. The van der Waals surface area contributed by atoms with Gasteiger partial charge in [-0.3, -0.25) is 0 Å². The maximum Gasteiger partial charge on any atom is 0.142 e. The van der Waals surface area contributed by atoms with Crippen LogP contribution in [0.25, 0.3) is 0 Å². The van der Waals surface area contributed by atoms with E-state index in [1.54, 1.807) is 6.07 Å². The van der Waals surface area contributed by atoms with E-state index in [0.717, 1.165) is 18.5 Å². The van der Waals surface area contributed by atoms with Crippen LogP contribution in [0.5, 0.6) is 0 Å². The molecular weight excluding hydrogens is 237 g/mol. The maximum atomic E-state index is 13.4. The first-order chi connectivity index (χ1) is 8.06. The highest BCUT2D eigenvalue weighted by Crippen LogP contribution is 2.27. The van der Waals surface area contributed by atoms with Crippen molar-refractivity contribution in [3.05, 3.63) is 46.3 Å².